The van der Waals surface area contributed by atoms with Crippen LogP contribution in [0.3, 0.4) is 0 Å². The highest BCUT2D eigenvalue weighted by atomic mass is 79.9. The van der Waals surface area contributed by atoms with Crippen LogP contribution >= 0.6 is 15.9 Å². The van der Waals surface area contributed by atoms with E-state index in [0.29, 0.717) is 12.4 Å². The summed E-state index contributed by atoms with van der Waals surface area (Å²) in [4.78, 5) is 18.9. The molecular formula is C14H19BrN4O2. The zero-order valence-corrected chi connectivity index (χ0v) is 13.7. The van der Waals surface area contributed by atoms with Gasteiger partial charge >= 0.3 is 0 Å². The van der Waals surface area contributed by atoms with Gasteiger partial charge in [0.2, 0.25) is 5.91 Å². The van der Waals surface area contributed by atoms with Crippen LogP contribution in [0, 0.1) is 0 Å². The van der Waals surface area contributed by atoms with Crippen molar-refractivity contribution in [3.8, 4) is 0 Å². The number of halogens is 1. The van der Waals surface area contributed by atoms with Crippen molar-refractivity contribution in [3.63, 3.8) is 0 Å². The van der Waals surface area contributed by atoms with Gasteiger partial charge in [0.1, 0.15) is 6.04 Å². The monoisotopic (exact) mass is 354 g/mol. The van der Waals surface area contributed by atoms with Crippen LogP contribution in [0.5, 0.6) is 0 Å². The second-order valence-corrected chi connectivity index (χ2v) is 6.56. The van der Waals surface area contributed by atoms with Crippen LogP contribution in [-0.4, -0.2) is 53.7 Å². The van der Waals surface area contributed by atoms with Crippen LogP contribution in [0.2, 0.25) is 0 Å². The minimum Gasteiger partial charge on any atom is -0.380 e. The molecule has 3 rings (SSSR count). The fourth-order valence-electron chi connectivity index (χ4n) is 2.94. The van der Waals surface area contributed by atoms with Gasteiger partial charge in [-0.1, -0.05) is 0 Å². The van der Waals surface area contributed by atoms with E-state index in [9.17, 15) is 4.79 Å². The highest BCUT2D eigenvalue weighted by Crippen LogP contribution is 2.26. The quantitative estimate of drug-likeness (QED) is 0.803. The number of morpholine rings is 1. The van der Waals surface area contributed by atoms with E-state index in [2.05, 4.69) is 36.4 Å². The molecule has 0 aliphatic carbocycles. The maximum absolute atomic E-state index is 12.5. The van der Waals surface area contributed by atoms with E-state index in [0.717, 1.165) is 23.2 Å². The summed E-state index contributed by atoms with van der Waals surface area (Å²) in [5, 5.41) is 6.23. The molecule has 3 atom stereocenters. The average molecular weight is 355 g/mol. The minimum absolute atomic E-state index is 0.0163. The number of carbonyl (C=O) groups is 1. The predicted molar refractivity (Wildman–Crippen MR) is 84.4 cm³/mol. The molecule has 1 aromatic heterocycles. The fourth-order valence-corrected chi connectivity index (χ4v) is 3.27. The Balaban J connectivity index is 1.79. The number of amides is 1. The lowest BCUT2D eigenvalue weighted by atomic mass is 10.1. The molecule has 21 heavy (non-hydrogen) atoms. The van der Waals surface area contributed by atoms with Crippen LogP contribution in [0.4, 0.5) is 11.5 Å². The smallest absolute Gasteiger partial charge is 0.244 e. The van der Waals surface area contributed by atoms with E-state index >= 15 is 0 Å². The molecule has 0 radical (unpaired) electrons. The van der Waals surface area contributed by atoms with Gasteiger partial charge in [-0.05, 0) is 35.8 Å². The molecule has 1 aromatic rings. The highest BCUT2D eigenvalue weighted by molar-refractivity contribution is 9.10. The molecule has 0 bridgehead atoms. The van der Waals surface area contributed by atoms with Gasteiger partial charge in [-0.3, -0.25) is 9.69 Å². The summed E-state index contributed by atoms with van der Waals surface area (Å²) in [5.74, 6) is 0.567. The first-order chi connectivity index (χ1) is 10.0. The van der Waals surface area contributed by atoms with Crippen LogP contribution < -0.4 is 10.6 Å². The molecule has 3 unspecified atom stereocenters. The number of aromatic nitrogens is 1. The fraction of sp³-hybridized carbons (Fsp3) is 0.571. The Labute approximate surface area is 132 Å². The summed E-state index contributed by atoms with van der Waals surface area (Å²) in [6.07, 6.45) is 1.96. The molecule has 1 fully saturated rings. The molecule has 2 aliphatic rings. The summed E-state index contributed by atoms with van der Waals surface area (Å²) >= 11 is 3.40. The zero-order valence-electron chi connectivity index (χ0n) is 12.1. The van der Waals surface area contributed by atoms with E-state index in [1.165, 1.54) is 0 Å². The molecule has 1 saturated heterocycles. The molecule has 2 N–H and O–H groups in total. The number of carbonyl (C=O) groups excluding carboxylic acids is 1. The number of pyridine rings is 1. The third kappa shape index (κ3) is 3.20. The van der Waals surface area contributed by atoms with E-state index in [1.54, 1.807) is 6.20 Å². The van der Waals surface area contributed by atoms with Gasteiger partial charge in [0.15, 0.2) is 5.82 Å². The summed E-state index contributed by atoms with van der Waals surface area (Å²) in [6, 6.07) is 1.71. The van der Waals surface area contributed by atoms with Crippen molar-refractivity contribution in [2.24, 2.45) is 0 Å². The number of nitrogens with one attached hydrogen (secondary N) is 2. The molecule has 2 aliphatic heterocycles. The lowest BCUT2D eigenvalue weighted by molar-refractivity contribution is -0.127. The largest absolute Gasteiger partial charge is 0.380 e. The van der Waals surface area contributed by atoms with E-state index in [4.69, 9.17) is 4.74 Å². The highest BCUT2D eigenvalue weighted by Gasteiger charge is 2.34. The van der Waals surface area contributed by atoms with Gasteiger partial charge < -0.3 is 15.4 Å². The Bertz CT molecular complexity index is 544. The Morgan fingerprint density at radius 1 is 1.38 bits per heavy atom. The lowest BCUT2D eigenvalue weighted by Crippen LogP contribution is -2.55. The third-order valence-corrected chi connectivity index (χ3v) is 4.21. The third-order valence-electron chi connectivity index (χ3n) is 3.77. The minimum atomic E-state index is -0.216. The Morgan fingerprint density at radius 2 is 2.10 bits per heavy atom. The molecule has 7 heteroatoms. The van der Waals surface area contributed by atoms with Crippen molar-refractivity contribution in [1.82, 2.24) is 9.88 Å². The zero-order chi connectivity index (χ0) is 15.0. The van der Waals surface area contributed by atoms with E-state index < -0.39 is 0 Å². The second-order valence-electron chi connectivity index (χ2n) is 5.65. The summed E-state index contributed by atoms with van der Waals surface area (Å²) in [5.41, 5.74) is 0.842. The molecule has 114 valence electrons. The summed E-state index contributed by atoms with van der Waals surface area (Å²) < 4.78 is 6.62. The average Bonchev–Trinajstić information content (AvgIpc) is 2.56. The molecule has 1 amide bonds. The van der Waals surface area contributed by atoms with Crippen LogP contribution in [-0.2, 0) is 9.53 Å². The standard InChI is InChI=1S/C14H19BrN4O2/c1-8-6-19(7-9(2)21-8)12-5-16-11-3-10(15)4-17-13(11)18-14(12)20/h3-4,8-9,12,16H,5-7H2,1-2H3,(H,17,18,20). The van der Waals surface area contributed by atoms with Crippen molar-refractivity contribution in [3.05, 3.63) is 16.7 Å². The van der Waals surface area contributed by atoms with Gasteiger partial charge in [-0.25, -0.2) is 4.98 Å². The molecule has 0 spiro atoms. The van der Waals surface area contributed by atoms with Gasteiger partial charge in [-0.2, -0.15) is 0 Å². The lowest BCUT2D eigenvalue weighted by Gasteiger charge is -2.38. The number of fused-ring (bicyclic) bond motifs is 1. The van der Waals surface area contributed by atoms with Crippen molar-refractivity contribution in [2.45, 2.75) is 32.1 Å². The second kappa shape index (κ2) is 5.90. The Kier molecular flexibility index (Phi) is 4.14. The normalized spacial score (nSPS) is 30.0. The number of nitrogens with zero attached hydrogens (tertiary/aromatic N) is 2. The van der Waals surface area contributed by atoms with E-state index in [-0.39, 0.29) is 24.2 Å². The topological polar surface area (TPSA) is 66.5 Å². The molecule has 0 saturated carbocycles. The van der Waals surface area contributed by atoms with Crippen molar-refractivity contribution >= 4 is 33.3 Å². The van der Waals surface area contributed by atoms with Crippen molar-refractivity contribution in [1.29, 1.82) is 0 Å². The van der Waals surface area contributed by atoms with Crippen molar-refractivity contribution in [2.75, 3.05) is 30.3 Å². The van der Waals surface area contributed by atoms with Gasteiger partial charge in [0.05, 0.1) is 17.9 Å². The number of ether oxygens (including phenoxy) is 1. The molecule has 3 heterocycles. The first-order valence-electron chi connectivity index (χ1n) is 7.12. The first kappa shape index (κ1) is 14.7. The Hall–Kier alpha value is -1.18. The van der Waals surface area contributed by atoms with Gasteiger partial charge in [-0.15, -0.1) is 0 Å². The van der Waals surface area contributed by atoms with Crippen LogP contribution in [0.15, 0.2) is 16.7 Å². The first-order valence-corrected chi connectivity index (χ1v) is 7.92. The summed E-state index contributed by atoms with van der Waals surface area (Å²) in [7, 11) is 0. The summed E-state index contributed by atoms with van der Waals surface area (Å²) in [6.45, 7) is 6.17. The van der Waals surface area contributed by atoms with Gasteiger partial charge in [0, 0.05) is 30.3 Å². The van der Waals surface area contributed by atoms with E-state index in [1.807, 2.05) is 19.9 Å². The molecule has 6 nitrogen and oxygen atoms in total. The maximum Gasteiger partial charge on any atom is 0.244 e. The predicted octanol–water partition coefficient (Wildman–Crippen LogP) is 1.69. The Morgan fingerprint density at radius 3 is 2.81 bits per heavy atom. The van der Waals surface area contributed by atoms with Gasteiger partial charge in [0.25, 0.3) is 0 Å². The number of hydrogen-bond acceptors (Lipinski definition) is 5. The van der Waals surface area contributed by atoms with Crippen LogP contribution in [0.25, 0.3) is 0 Å². The molecular weight excluding hydrogens is 336 g/mol. The van der Waals surface area contributed by atoms with Crippen molar-refractivity contribution < 1.29 is 9.53 Å². The van der Waals surface area contributed by atoms with Crippen LogP contribution in [0.1, 0.15) is 13.8 Å². The number of anilines is 2. The number of rotatable bonds is 1. The molecule has 0 aromatic carbocycles. The number of hydrogen-bond donors (Lipinski definition) is 2. The SMILES string of the molecule is CC1CN(C2CNc3cc(Br)cnc3NC2=O)CC(C)O1. The maximum atomic E-state index is 12.5.